The quantitative estimate of drug-likeness (QED) is 0.565. The van der Waals surface area contributed by atoms with Crippen molar-refractivity contribution in [2.24, 2.45) is 5.14 Å². The van der Waals surface area contributed by atoms with Crippen LogP contribution in [0.1, 0.15) is 23.7 Å². The molecule has 0 fully saturated rings. The molecule has 2 N–H and O–H groups in total. The molecule has 8 heteroatoms. The van der Waals surface area contributed by atoms with Crippen LogP contribution in [0.4, 0.5) is 0 Å². The molecule has 0 unspecified atom stereocenters. The molecule has 0 radical (unpaired) electrons. The lowest BCUT2D eigenvalue weighted by atomic mass is 10.1. The van der Waals surface area contributed by atoms with Gasteiger partial charge in [-0.15, -0.1) is 0 Å². The molecule has 0 amide bonds. The molecule has 1 aromatic carbocycles. The molecule has 7 nitrogen and oxygen atoms in total. The highest BCUT2D eigenvalue weighted by Crippen LogP contribution is 2.28. The van der Waals surface area contributed by atoms with Gasteiger partial charge in [0, 0.05) is 12.0 Å². The van der Waals surface area contributed by atoms with Crippen molar-refractivity contribution in [2.45, 2.75) is 13.3 Å². The van der Waals surface area contributed by atoms with E-state index in [0.29, 0.717) is 23.5 Å². The van der Waals surface area contributed by atoms with E-state index in [1.807, 2.05) is 0 Å². The molecular weight excluding hydrogens is 286 g/mol. The lowest BCUT2D eigenvalue weighted by Crippen LogP contribution is -2.17. The standard InChI is InChI=1S/C12H17NO6S/c1-9(14)10-4-5-11(12(8-10)17-2)18-6-3-7-19-20(13,15)16/h4-5,8H,3,6-7H2,1-2H3,(H2,13,15,16). The van der Waals surface area contributed by atoms with Crippen LogP contribution >= 0.6 is 0 Å². The fraction of sp³-hybridized carbons (Fsp3) is 0.417. The van der Waals surface area contributed by atoms with Gasteiger partial charge in [-0.25, -0.2) is 5.14 Å². The summed E-state index contributed by atoms with van der Waals surface area (Å²) < 4.78 is 36.0. The zero-order valence-electron chi connectivity index (χ0n) is 11.3. The summed E-state index contributed by atoms with van der Waals surface area (Å²) in [6, 6.07) is 4.83. The van der Waals surface area contributed by atoms with Gasteiger partial charge in [0.25, 0.3) is 0 Å². The zero-order valence-corrected chi connectivity index (χ0v) is 12.1. The molecular formula is C12H17NO6S. The van der Waals surface area contributed by atoms with E-state index in [0.717, 1.165) is 0 Å². The third kappa shape index (κ3) is 5.55. The molecule has 0 spiro atoms. The Morgan fingerprint density at radius 1 is 1.25 bits per heavy atom. The van der Waals surface area contributed by atoms with E-state index in [1.54, 1.807) is 18.2 Å². The third-order valence-corrected chi connectivity index (χ3v) is 2.86. The van der Waals surface area contributed by atoms with Crippen molar-refractivity contribution in [3.8, 4) is 11.5 Å². The second-order valence-corrected chi connectivity index (χ2v) is 5.16. The molecule has 0 aliphatic carbocycles. The largest absolute Gasteiger partial charge is 0.493 e. The fourth-order valence-corrected chi connectivity index (χ4v) is 1.77. The van der Waals surface area contributed by atoms with E-state index in [9.17, 15) is 13.2 Å². The summed E-state index contributed by atoms with van der Waals surface area (Å²) in [7, 11) is -2.45. The Morgan fingerprint density at radius 3 is 2.50 bits per heavy atom. The summed E-state index contributed by atoms with van der Waals surface area (Å²) in [5.74, 6) is 0.828. The number of benzene rings is 1. The van der Waals surface area contributed by atoms with Gasteiger partial charge in [-0.05, 0) is 25.1 Å². The summed E-state index contributed by atoms with van der Waals surface area (Å²) in [5, 5.41) is 4.68. The van der Waals surface area contributed by atoms with Crippen LogP contribution in [0.5, 0.6) is 11.5 Å². The van der Waals surface area contributed by atoms with Gasteiger partial charge in [0.1, 0.15) is 0 Å². The van der Waals surface area contributed by atoms with E-state index in [1.165, 1.54) is 14.0 Å². The van der Waals surface area contributed by atoms with Gasteiger partial charge in [-0.1, -0.05) is 0 Å². The molecule has 1 rings (SSSR count). The molecule has 0 aromatic heterocycles. The van der Waals surface area contributed by atoms with E-state index in [4.69, 9.17) is 9.47 Å². The number of carbonyl (C=O) groups excluding carboxylic acids is 1. The monoisotopic (exact) mass is 303 g/mol. The Balaban J connectivity index is 2.53. The van der Waals surface area contributed by atoms with Gasteiger partial charge in [-0.2, -0.15) is 8.42 Å². The van der Waals surface area contributed by atoms with Gasteiger partial charge in [-0.3, -0.25) is 8.98 Å². The average molecular weight is 303 g/mol. The fourth-order valence-electron chi connectivity index (χ4n) is 1.42. The molecule has 0 aliphatic rings. The van der Waals surface area contributed by atoms with Crippen molar-refractivity contribution in [3.05, 3.63) is 23.8 Å². The number of methoxy groups -OCH3 is 1. The second-order valence-electron chi connectivity index (χ2n) is 3.94. The lowest BCUT2D eigenvalue weighted by molar-refractivity contribution is 0.101. The first-order valence-electron chi connectivity index (χ1n) is 5.82. The van der Waals surface area contributed by atoms with Gasteiger partial charge in [0.2, 0.25) is 0 Å². The lowest BCUT2D eigenvalue weighted by Gasteiger charge is -2.11. The van der Waals surface area contributed by atoms with Crippen LogP contribution in [-0.2, 0) is 14.5 Å². The highest BCUT2D eigenvalue weighted by atomic mass is 32.2. The van der Waals surface area contributed by atoms with Crippen molar-refractivity contribution < 1.29 is 26.9 Å². The predicted octanol–water partition coefficient (Wildman–Crippen LogP) is 0.887. The van der Waals surface area contributed by atoms with E-state index < -0.39 is 10.3 Å². The van der Waals surface area contributed by atoms with E-state index >= 15 is 0 Å². The Labute approximate surface area is 117 Å². The molecule has 0 saturated carbocycles. The Kier molecular flexibility index (Phi) is 5.93. The van der Waals surface area contributed by atoms with Crippen LogP contribution in [0.3, 0.4) is 0 Å². The molecule has 20 heavy (non-hydrogen) atoms. The molecule has 0 saturated heterocycles. The Morgan fingerprint density at radius 2 is 1.95 bits per heavy atom. The zero-order chi connectivity index (χ0) is 15.2. The normalized spacial score (nSPS) is 11.2. The number of rotatable bonds is 8. The first-order chi connectivity index (χ1) is 9.33. The van der Waals surface area contributed by atoms with Crippen LogP contribution < -0.4 is 14.6 Å². The first kappa shape index (κ1) is 16.4. The molecule has 0 heterocycles. The SMILES string of the molecule is COc1cc(C(C)=O)ccc1OCCCOS(N)(=O)=O. The highest BCUT2D eigenvalue weighted by molar-refractivity contribution is 7.84. The summed E-state index contributed by atoms with van der Waals surface area (Å²) in [6.45, 7) is 1.62. The molecule has 0 aliphatic heterocycles. The van der Waals surface area contributed by atoms with Gasteiger partial charge < -0.3 is 9.47 Å². The average Bonchev–Trinajstić information content (AvgIpc) is 2.36. The summed E-state index contributed by atoms with van der Waals surface area (Å²) >= 11 is 0. The number of Topliss-reactive ketones (excluding diaryl/α,β-unsaturated/α-hetero) is 1. The summed E-state index contributed by atoms with van der Waals surface area (Å²) in [4.78, 5) is 11.2. The van der Waals surface area contributed by atoms with Crippen LogP contribution in [0.2, 0.25) is 0 Å². The number of nitrogens with two attached hydrogens (primary N) is 1. The summed E-state index contributed by atoms with van der Waals surface area (Å²) in [5.41, 5.74) is 0.520. The van der Waals surface area contributed by atoms with Gasteiger partial charge in [0.15, 0.2) is 17.3 Å². The van der Waals surface area contributed by atoms with Crippen LogP contribution in [0.15, 0.2) is 18.2 Å². The maximum Gasteiger partial charge on any atom is 0.333 e. The molecule has 0 atom stereocenters. The van der Waals surface area contributed by atoms with Crippen molar-refractivity contribution in [1.82, 2.24) is 0 Å². The number of ether oxygens (including phenoxy) is 2. The topological polar surface area (TPSA) is 105 Å². The number of hydrogen-bond acceptors (Lipinski definition) is 6. The first-order valence-corrected chi connectivity index (χ1v) is 7.29. The van der Waals surface area contributed by atoms with E-state index in [-0.39, 0.29) is 19.0 Å². The minimum Gasteiger partial charge on any atom is -0.493 e. The molecule has 1 aromatic rings. The Hall–Kier alpha value is -1.64. The maximum absolute atomic E-state index is 11.2. The minimum absolute atomic E-state index is 0.0628. The van der Waals surface area contributed by atoms with Gasteiger partial charge in [0.05, 0.1) is 20.3 Å². The molecule has 112 valence electrons. The van der Waals surface area contributed by atoms with Crippen molar-refractivity contribution in [1.29, 1.82) is 0 Å². The van der Waals surface area contributed by atoms with Crippen LogP contribution in [0, 0.1) is 0 Å². The van der Waals surface area contributed by atoms with Crippen molar-refractivity contribution in [2.75, 3.05) is 20.3 Å². The highest BCUT2D eigenvalue weighted by Gasteiger charge is 2.08. The maximum atomic E-state index is 11.2. The van der Waals surface area contributed by atoms with Gasteiger partial charge >= 0.3 is 10.3 Å². The number of hydrogen-bond donors (Lipinski definition) is 1. The Bertz CT molecular complexity index is 569. The minimum atomic E-state index is -3.91. The van der Waals surface area contributed by atoms with Crippen LogP contribution in [0.25, 0.3) is 0 Å². The van der Waals surface area contributed by atoms with Crippen molar-refractivity contribution >= 4 is 16.1 Å². The smallest absolute Gasteiger partial charge is 0.333 e. The second kappa shape index (κ2) is 7.22. The van der Waals surface area contributed by atoms with Crippen molar-refractivity contribution in [3.63, 3.8) is 0 Å². The molecule has 0 bridgehead atoms. The van der Waals surface area contributed by atoms with Crippen LogP contribution in [-0.4, -0.2) is 34.5 Å². The van der Waals surface area contributed by atoms with E-state index in [2.05, 4.69) is 9.32 Å². The summed E-state index contributed by atoms with van der Waals surface area (Å²) in [6.07, 6.45) is 0.341. The number of carbonyl (C=O) groups is 1. The third-order valence-electron chi connectivity index (χ3n) is 2.36. The predicted molar refractivity (Wildman–Crippen MR) is 72.2 cm³/mol. The number of ketones is 1.